The molecule has 1 aliphatic carbocycles. The summed E-state index contributed by atoms with van der Waals surface area (Å²) in [5, 5.41) is 0. The number of benzene rings is 2. The van der Waals surface area contributed by atoms with Gasteiger partial charge in [0.2, 0.25) is 11.8 Å². The van der Waals surface area contributed by atoms with E-state index in [1.54, 1.807) is 0 Å². The van der Waals surface area contributed by atoms with Gasteiger partial charge >= 0.3 is 0 Å². The number of piperazine rings is 1. The largest absolute Gasteiger partial charge is 0.339 e. The zero-order valence-corrected chi connectivity index (χ0v) is 17.7. The number of hydrogen-bond acceptors (Lipinski definition) is 4. The highest BCUT2D eigenvalue weighted by molar-refractivity contribution is 8.00. The van der Waals surface area contributed by atoms with Crippen molar-refractivity contribution in [1.29, 1.82) is 0 Å². The molecule has 0 radical (unpaired) electrons. The Morgan fingerprint density at radius 2 is 1.60 bits per heavy atom. The van der Waals surface area contributed by atoms with Gasteiger partial charge in [0.25, 0.3) is 0 Å². The normalized spacial score (nSPS) is 20.7. The van der Waals surface area contributed by atoms with E-state index < -0.39 is 0 Å². The van der Waals surface area contributed by atoms with E-state index in [1.807, 2.05) is 52.3 Å². The Kier molecular flexibility index (Phi) is 6.53. The maximum Gasteiger partial charge on any atom is 0.233 e. The number of carbonyl (C=O) groups is 3. The lowest BCUT2D eigenvalue weighted by atomic mass is 10.1. The average molecular weight is 423 g/mol. The Hall–Kier alpha value is -2.60. The second-order valence-electron chi connectivity index (χ2n) is 7.87. The quantitative estimate of drug-likeness (QED) is 0.508. The molecule has 2 aromatic carbocycles. The first-order valence-corrected chi connectivity index (χ1v) is 11.4. The summed E-state index contributed by atoms with van der Waals surface area (Å²) >= 11 is 1.51. The Balaban J connectivity index is 1.21. The molecule has 2 amide bonds. The SMILES string of the molecule is O=CCc1ccc(SCC(=O)N2CCN(C(=O)[C@@H]3C[C@H]3c3ccccc3)CC2)cc1. The molecular formula is C24H26N2O3S. The lowest BCUT2D eigenvalue weighted by molar-refractivity contribution is -0.139. The van der Waals surface area contributed by atoms with Crippen LogP contribution >= 0.6 is 11.8 Å². The van der Waals surface area contributed by atoms with Crippen LogP contribution in [0.2, 0.25) is 0 Å². The number of thioether (sulfide) groups is 1. The fourth-order valence-electron chi connectivity index (χ4n) is 4.00. The standard InChI is InChI=1S/C24H26N2O3S/c27-15-10-18-6-8-20(9-7-18)30-17-23(28)25-11-13-26(14-12-25)24(29)22-16-21(22)19-4-2-1-3-5-19/h1-9,15,21-22H,10-14,16-17H2/t21-,22+/m0/s1. The van der Waals surface area contributed by atoms with Gasteiger partial charge in [-0.1, -0.05) is 42.5 Å². The van der Waals surface area contributed by atoms with E-state index in [9.17, 15) is 14.4 Å². The molecule has 0 bridgehead atoms. The second-order valence-corrected chi connectivity index (χ2v) is 8.92. The monoisotopic (exact) mass is 422 g/mol. The molecule has 156 valence electrons. The van der Waals surface area contributed by atoms with Crippen molar-refractivity contribution < 1.29 is 14.4 Å². The molecule has 0 N–H and O–H groups in total. The van der Waals surface area contributed by atoms with Gasteiger partial charge in [0.15, 0.2) is 0 Å². The van der Waals surface area contributed by atoms with Crippen LogP contribution in [-0.4, -0.2) is 59.8 Å². The van der Waals surface area contributed by atoms with Gasteiger partial charge in [-0.25, -0.2) is 0 Å². The summed E-state index contributed by atoms with van der Waals surface area (Å²) in [5.41, 5.74) is 2.23. The third kappa shape index (κ3) is 4.93. The minimum absolute atomic E-state index is 0.104. The highest BCUT2D eigenvalue weighted by Crippen LogP contribution is 2.48. The summed E-state index contributed by atoms with van der Waals surface area (Å²) < 4.78 is 0. The predicted octanol–water partition coefficient (Wildman–Crippen LogP) is 2.99. The van der Waals surface area contributed by atoms with Crippen LogP contribution in [-0.2, 0) is 20.8 Å². The molecule has 2 fully saturated rings. The van der Waals surface area contributed by atoms with Gasteiger partial charge in [-0.3, -0.25) is 9.59 Å². The molecule has 2 atom stereocenters. The smallest absolute Gasteiger partial charge is 0.233 e. The first-order chi connectivity index (χ1) is 14.7. The molecule has 30 heavy (non-hydrogen) atoms. The van der Waals surface area contributed by atoms with Crippen LogP contribution in [0.15, 0.2) is 59.5 Å². The van der Waals surface area contributed by atoms with Gasteiger partial charge in [-0.05, 0) is 35.6 Å². The number of amides is 2. The van der Waals surface area contributed by atoms with Crippen molar-refractivity contribution in [3.8, 4) is 0 Å². The van der Waals surface area contributed by atoms with Crippen LogP contribution in [0.3, 0.4) is 0 Å². The summed E-state index contributed by atoms with van der Waals surface area (Å²) in [5.74, 6) is 1.19. The molecule has 5 nitrogen and oxygen atoms in total. The molecule has 2 aliphatic rings. The summed E-state index contributed by atoms with van der Waals surface area (Å²) in [6.45, 7) is 2.44. The van der Waals surface area contributed by atoms with Gasteiger partial charge in [0.05, 0.1) is 5.75 Å². The fourth-order valence-corrected chi connectivity index (χ4v) is 4.80. The van der Waals surface area contributed by atoms with Gasteiger partial charge in [0.1, 0.15) is 6.29 Å². The Bertz CT molecular complexity index is 892. The maximum atomic E-state index is 12.8. The van der Waals surface area contributed by atoms with Crippen LogP contribution in [0.25, 0.3) is 0 Å². The first kappa shape index (κ1) is 20.7. The van der Waals surface area contributed by atoms with Crippen LogP contribution in [0.1, 0.15) is 23.5 Å². The third-order valence-corrected chi connectivity index (χ3v) is 6.88. The molecule has 0 aromatic heterocycles. The Morgan fingerprint density at radius 1 is 0.933 bits per heavy atom. The lowest BCUT2D eigenvalue weighted by Crippen LogP contribution is -2.51. The molecule has 1 saturated heterocycles. The molecule has 0 unspecified atom stereocenters. The highest BCUT2D eigenvalue weighted by atomic mass is 32.2. The lowest BCUT2D eigenvalue weighted by Gasteiger charge is -2.35. The van der Waals surface area contributed by atoms with Crippen LogP contribution in [0, 0.1) is 5.92 Å². The molecule has 4 rings (SSSR count). The Morgan fingerprint density at radius 3 is 2.27 bits per heavy atom. The summed E-state index contributed by atoms with van der Waals surface area (Å²) in [7, 11) is 0. The van der Waals surface area contributed by atoms with E-state index >= 15 is 0 Å². The number of rotatable bonds is 7. The Labute approximate surface area is 181 Å². The molecule has 2 aromatic rings. The molecule has 1 saturated carbocycles. The fraction of sp³-hybridized carbons (Fsp3) is 0.375. The molecule has 6 heteroatoms. The number of aldehydes is 1. The second kappa shape index (κ2) is 9.47. The summed E-state index contributed by atoms with van der Waals surface area (Å²) in [6.07, 6.45) is 2.24. The van der Waals surface area contributed by atoms with Crippen molar-refractivity contribution >= 4 is 29.9 Å². The van der Waals surface area contributed by atoms with E-state index in [0.717, 1.165) is 23.2 Å². The summed E-state index contributed by atoms with van der Waals surface area (Å²) in [6, 6.07) is 18.0. The molecule has 0 spiro atoms. The molecular weight excluding hydrogens is 396 g/mol. The van der Waals surface area contributed by atoms with Crippen LogP contribution in [0.4, 0.5) is 0 Å². The number of hydrogen-bond donors (Lipinski definition) is 0. The van der Waals surface area contributed by atoms with Gasteiger partial charge in [0, 0.05) is 43.4 Å². The van der Waals surface area contributed by atoms with Crippen molar-refractivity contribution in [2.75, 3.05) is 31.9 Å². The van der Waals surface area contributed by atoms with E-state index in [0.29, 0.717) is 44.3 Å². The van der Waals surface area contributed by atoms with Crippen molar-refractivity contribution in [2.24, 2.45) is 5.92 Å². The van der Waals surface area contributed by atoms with Crippen LogP contribution in [0.5, 0.6) is 0 Å². The molecule has 1 aliphatic heterocycles. The zero-order chi connectivity index (χ0) is 20.9. The van der Waals surface area contributed by atoms with E-state index in [1.165, 1.54) is 17.3 Å². The van der Waals surface area contributed by atoms with Crippen molar-refractivity contribution in [3.05, 3.63) is 65.7 Å². The maximum absolute atomic E-state index is 12.8. The van der Waals surface area contributed by atoms with Crippen LogP contribution < -0.4 is 0 Å². The number of carbonyl (C=O) groups excluding carboxylic acids is 3. The summed E-state index contributed by atoms with van der Waals surface area (Å²) in [4.78, 5) is 40.7. The van der Waals surface area contributed by atoms with Crippen molar-refractivity contribution in [2.45, 2.75) is 23.7 Å². The zero-order valence-electron chi connectivity index (χ0n) is 16.9. The molecule has 1 heterocycles. The van der Waals surface area contributed by atoms with Gasteiger partial charge < -0.3 is 14.6 Å². The minimum Gasteiger partial charge on any atom is -0.339 e. The third-order valence-electron chi connectivity index (χ3n) is 5.88. The average Bonchev–Trinajstić information content (AvgIpc) is 3.60. The van der Waals surface area contributed by atoms with E-state index in [-0.39, 0.29) is 17.7 Å². The first-order valence-electron chi connectivity index (χ1n) is 10.4. The van der Waals surface area contributed by atoms with Crippen molar-refractivity contribution in [3.63, 3.8) is 0 Å². The van der Waals surface area contributed by atoms with E-state index in [2.05, 4.69) is 12.1 Å². The van der Waals surface area contributed by atoms with Crippen molar-refractivity contribution in [1.82, 2.24) is 9.80 Å². The highest BCUT2D eigenvalue weighted by Gasteiger charge is 2.46. The minimum atomic E-state index is 0.104. The topological polar surface area (TPSA) is 57.7 Å². The van der Waals surface area contributed by atoms with Gasteiger partial charge in [-0.15, -0.1) is 11.8 Å². The number of nitrogens with zero attached hydrogens (tertiary/aromatic N) is 2. The van der Waals surface area contributed by atoms with E-state index in [4.69, 9.17) is 0 Å². The van der Waals surface area contributed by atoms with Gasteiger partial charge in [-0.2, -0.15) is 0 Å². The predicted molar refractivity (Wildman–Crippen MR) is 117 cm³/mol.